The van der Waals surface area contributed by atoms with E-state index < -0.39 is 11.9 Å². The van der Waals surface area contributed by atoms with E-state index in [0.717, 1.165) is 12.1 Å². The summed E-state index contributed by atoms with van der Waals surface area (Å²) in [7, 11) is 0. The van der Waals surface area contributed by atoms with Gasteiger partial charge in [0.05, 0.1) is 12.1 Å². The number of carbonyl (C=O) groups is 2. The first-order valence-electron chi connectivity index (χ1n) is 7.93. The summed E-state index contributed by atoms with van der Waals surface area (Å²) >= 11 is 0. The Labute approximate surface area is 172 Å². The molecule has 0 aliphatic heterocycles. The summed E-state index contributed by atoms with van der Waals surface area (Å²) in [6, 6.07) is 15.1. The van der Waals surface area contributed by atoms with Gasteiger partial charge in [-0.2, -0.15) is 0 Å². The summed E-state index contributed by atoms with van der Waals surface area (Å²) in [6.07, 6.45) is 0. The van der Waals surface area contributed by atoms with E-state index in [1.165, 1.54) is 0 Å². The zero-order chi connectivity index (χ0) is 20.3. The second kappa shape index (κ2) is 9.01. The molecule has 0 aliphatic carbocycles. The predicted molar refractivity (Wildman–Crippen MR) is 95.9 cm³/mol. The number of para-hydroxylation sites is 2. The first-order chi connectivity index (χ1) is 13.4. The number of carbonyl (C=O) groups excluding carboxylic acids is 2. The van der Waals surface area contributed by atoms with Crippen LogP contribution in [0.1, 0.15) is 21.1 Å². The van der Waals surface area contributed by atoms with Crippen molar-refractivity contribution in [3.63, 3.8) is 0 Å². The van der Waals surface area contributed by atoms with Crippen LogP contribution >= 0.6 is 0 Å². The van der Waals surface area contributed by atoms with Crippen LogP contribution in [0, 0.1) is 0 Å². The summed E-state index contributed by atoms with van der Waals surface area (Å²) in [5.41, 5.74) is 0.0444. The number of carboxylic acid groups (broad SMARTS) is 2. The van der Waals surface area contributed by atoms with Crippen LogP contribution in [-0.4, -0.2) is 11.9 Å². The van der Waals surface area contributed by atoms with Gasteiger partial charge in [0.1, 0.15) is 10.8 Å². The number of benzene rings is 2. The van der Waals surface area contributed by atoms with E-state index >= 15 is 0 Å². The summed E-state index contributed by atoms with van der Waals surface area (Å²) in [5.74, 6) is -3.52. The number of hydrogen-bond acceptors (Lipinski definition) is 6. The maximum absolute atomic E-state index is 11.4. The zero-order valence-electron chi connectivity index (χ0n) is 14.4. The molecule has 8 nitrogen and oxygen atoms in total. The Balaban J connectivity index is 0.000000200. The molecule has 2 N–H and O–H groups in total. The van der Waals surface area contributed by atoms with Crippen molar-refractivity contribution < 1.29 is 45.7 Å². The number of carboxylic acids is 2. The molecule has 0 spiro atoms. The largest absolute Gasteiger partial charge is 2.00 e. The standard InChI is InChI=1S/2C10H6O4.Cu/c2*11-7-5-9(10(12)13)14-8-4-2-1-3-6(7)8;/h2*1-5H,(H,12,13);/q;;+2. The van der Waals surface area contributed by atoms with Crippen molar-refractivity contribution in [2.24, 2.45) is 0 Å². The molecule has 149 valence electrons. The van der Waals surface area contributed by atoms with Gasteiger partial charge in [-0.1, -0.05) is 24.3 Å². The average molecular weight is 444 g/mol. The molecule has 0 bridgehead atoms. The molecule has 9 heteroatoms. The fourth-order valence-corrected chi connectivity index (χ4v) is 2.50. The van der Waals surface area contributed by atoms with E-state index in [1.54, 1.807) is 48.5 Å². The van der Waals surface area contributed by atoms with Gasteiger partial charge in [0.25, 0.3) is 22.7 Å². The molecule has 4 aromatic rings. The molecule has 2 heterocycles. The third-order valence-electron chi connectivity index (χ3n) is 3.77. The van der Waals surface area contributed by atoms with E-state index in [9.17, 15) is 29.4 Å². The average Bonchev–Trinajstić information content (AvgIpc) is 2.68. The maximum Gasteiger partial charge on any atom is 2.00 e. The van der Waals surface area contributed by atoms with Gasteiger partial charge < -0.3 is 28.6 Å². The van der Waals surface area contributed by atoms with Crippen molar-refractivity contribution in [3.05, 3.63) is 92.6 Å². The smallest absolute Gasteiger partial charge is 0.544 e. The van der Waals surface area contributed by atoms with Crippen LogP contribution < -0.4 is 21.1 Å². The minimum atomic E-state index is -1.44. The summed E-state index contributed by atoms with van der Waals surface area (Å²) in [5, 5.41) is 21.8. The first kappa shape index (κ1) is 21.6. The number of rotatable bonds is 2. The van der Waals surface area contributed by atoms with Crippen molar-refractivity contribution in [3.8, 4) is 0 Å². The predicted octanol–water partition coefficient (Wildman–Crippen LogP) is 0.535. The third-order valence-corrected chi connectivity index (χ3v) is 3.77. The molecule has 29 heavy (non-hydrogen) atoms. The molecule has 0 saturated heterocycles. The second-order valence-corrected chi connectivity index (χ2v) is 5.62. The van der Waals surface area contributed by atoms with Gasteiger partial charge in [-0.25, -0.2) is 0 Å². The maximum atomic E-state index is 11.4. The fraction of sp³-hybridized carbons (Fsp3) is 0. The van der Waals surface area contributed by atoms with Crippen molar-refractivity contribution in [2.75, 3.05) is 0 Å². The van der Waals surface area contributed by atoms with Crippen LogP contribution in [0.4, 0.5) is 0 Å². The van der Waals surface area contributed by atoms with E-state index in [2.05, 4.69) is 8.83 Å². The van der Waals surface area contributed by atoms with Crippen molar-refractivity contribution in [1.29, 1.82) is 0 Å². The van der Waals surface area contributed by atoms with Gasteiger partial charge in [0.15, 0.2) is 11.9 Å². The number of aromatic carboxylic acids is 2. The number of hydrogen-bond donors (Lipinski definition) is 0. The Kier molecular flexibility index (Phi) is 6.71. The van der Waals surface area contributed by atoms with Crippen LogP contribution in [0.3, 0.4) is 0 Å². The molecule has 0 amide bonds. The Hall–Kier alpha value is -3.68. The van der Waals surface area contributed by atoms with Crippen molar-refractivity contribution >= 4 is 33.9 Å². The van der Waals surface area contributed by atoms with E-state index in [1.807, 2.05) is 0 Å². The molecule has 1 radical (unpaired) electrons. The van der Waals surface area contributed by atoms with Crippen molar-refractivity contribution in [2.45, 2.75) is 0 Å². The third kappa shape index (κ3) is 4.78. The summed E-state index contributed by atoms with van der Waals surface area (Å²) in [6.45, 7) is 0. The fourth-order valence-electron chi connectivity index (χ4n) is 2.50. The molecule has 0 fully saturated rings. The normalized spacial score (nSPS) is 9.93. The van der Waals surface area contributed by atoms with Crippen LogP contribution in [0.5, 0.6) is 0 Å². The topological polar surface area (TPSA) is 140 Å². The molecule has 0 atom stereocenters. The van der Waals surface area contributed by atoms with Gasteiger partial charge in [-0.15, -0.1) is 0 Å². The molecular formula is C20H12CuO8+2. The minimum Gasteiger partial charge on any atom is -0.544 e. The first-order valence-corrected chi connectivity index (χ1v) is 7.93. The molecule has 2 aromatic carbocycles. The van der Waals surface area contributed by atoms with Gasteiger partial charge in [-0.3, -0.25) is 9.59 Å². The summed E-state index contributed by atoms with van der Waals surface area (Å²) in [4.78, 5) is 43.7. The van der Waals surface area contributed by atoms with Gasteiger partial charge in [0.2, 0.25) is 10.9 Å². The molecular weight excluding hydrogens is 432 g/mol. The SMILES string of the molecule is O=C([O-])c1cc(=O)c2ccccc2[oH+]1.O=C([O-])c1cc(=O)c2ccccc2[oH+]1.[Cu+2]. The Bertz CT molecular complexity index is 1220. The van der Waals surface area contributed by atoms with Gasteiger partial charge in [-0.05, 0) is 12.1 Å². The van der Waals surface area contributed by atoms with Crippen LogP contribution in [0.2, 0.25) is 0 Å². The molecule has 0 unspecified atom stereocenters. The Morgan fingerprint density at radius 3 is 1.34 bits per heavy atom. The molecule has 0 saturated carbocycles. The van der Waals surface area contributed by atoms with E-state index in [4.69, 9.17) is 0 Å². The van der Waals surface area contributed by atoms with Crippen LogP contribution in [-0.2, 0) is 17.1 Å². The Morgan fingerprint density at radius 2 is 1.00 bits per heavy atom. The molecule has 2 aromatic heterocycles. The van der Waals surface area contributed by atoms with Crippen LogP contribution in [0.25, 0.3) is 21.9 Å². The zero-order valence-corrected chi connectivity index (χ0v) is 15.4. The Morgan fingerprint density at radius 1 is 0.655 bits per heavy atom. The number of fused-ring (bicyclic) bond motifs is 2. The van der Waals surface area contributed by atoms with E-state index in [0.29, 0.717) is 21.9 Å². The van der Waals surface area contributed by atoms with Crippen molar-refractivity contribution in [1.82, 2.24) is 0 Å². The monoisotopic (exact) mass is 443 g/mol. The quantitative estimate of drug-likeness (QED) is 0.327. The summed E-state index contributed by atoms with van der Waals surface area (Å²) < 4.78 is 7.55. The van der Waals surface area contributed by atoms with Crippen LogP contribution in [0.15, 0.2) is 79.1 Å². The molecule has 4 rings (SSSR count). The van der Waals surface area contributed by atoms with Gasteiger partial charge in [0, 0.05) is 12.1 Å². The minimum absolute atomic E-state index is 0. The molecule has 0 aliphatic rings. The second-order valence-electron chi connectivity index (χ2n) is 5.62. The van der Waals surface area contributed by atoms with Gasteiger partial charge >= 0.3 is 17.1 Å². The van der Waals surface area contributed by atoms with E-state index in [-0.39, 0.29) is 39.4 Å².